The molecule has 3 aromatic heterocycles. The standard InChI is InChI=1S/C57H62F4N12O8/c1-56(2,3)81-55(79)73(33-41-13-16-62-36-64-41)34-49(74)65-48-30-40(39-7-6-8-42(29-39)80-57(59,60)61)31-63-51(48)54(78)71-17-14-37(15-18-71)32-68-19-21-69(22-20-68)35-50(75)70-23-25-72(26-24-70)53(77)45-27-38(11-12-46(45)58)28-47-43-9-4-5-10-44(43)52(76)67-66-47/h4-13,16,27,29-31,36-37H,14-15,17-26,28,32-35H2,1-3H3,(H,65,74)(H,67,76). The minimum atomic E-state index is -4.94. The van der Waals surface area contributed by atoms with Gasteiger partial charge in [0.1, 0.15) is 30.0 Å². The van der Waals surface area contributed by atoms with Crippen molar-refractivity contribution in [3.8, 4) is 16.9 Å². The molecule has 3 saturated heterocycles. The predicted octanol–water partition coefficient (Wildman–Crippen LogP) is 6.23. The Balaban J connectivity index is 0.762. The van der Waals surface area contributed by atoms with Crippen LogP contribution >= 0.6 is 0 Å². The van der Waals surface area contributed by atoms with Crippen molar-refractivity contribution >= 4 is 46.2 Å². The van der Waals surface area contributed by atoms with Crippen LogP contribution in [0.2, 0.25) is 0 Å². The van der Waals surface area contributed by atoms with Crippen molar-refractivity contribution < 1.29 is 51.0 Å². The minimum absolute atomic E-state index is 0.0190. The van der Waals surface area contributed by atoms with Crippen LogP contribution < -0.4 is 15.6 Å². The molecule has 2 N–H and O–H groups in total. The molecular weight excluding hydrogens is 1060 g/mol. The van der Waals surface area contributed by atoms with Gasteiger partial charge in [-0.05, 0) is 93.1 Å². The van der Waals surface area contributed by atoms with Gasteiger partial charge in [0, 0.05) is 102 Å². The Morgan fingerprint density at radius 3 is 2.17 bits per heavy atom. The van der Waals surface area contributed by atoms with Crippen LogP contribution in [0, 0.1) is 11.7 Å². The molecule has 5 amide bonds. The maximum absolute atomic E-state index is 15.1. The SMILES string of the molecule is CC(C)(C)OC(=O)N(CC(=O)Nc1cc(-c2cccc(OC(F)(F)F)c2)cnc1C(=O)N1CCC(CN2CCN(CC(=O)N3CCN(C(=O)c4cc(Cc5n[nH]c(=O)c6ccccc56)ccc4F)CC3)CC2)CC1)Cc1ccncn1. The summed E-state index contributed by atoms with van der Waals surface area (Å²) >= 11 is 0. The maximum atomic E-state index is 15.1. The molecule has 0 aliphatic carbocycles. The molecule has 0 spiro atoms. The van der Waals surface area contributed by atoms with Crippen LogP contribution in [-0.4, -0.2) is 181 Å². The number of anilines is 1. The largest absolute Gasteiger partial charge is 0.573 e. The van der Waals surface area contributed by atoms with E-state index < -0.39 is 53.9 Å². The van der Waals surface area contributed by atoms with Crippen molar-refractivity contribution in [3.63, 3.8) is 0 Å². The number of pyridine rings is 1. The number of carbonyl (C=O) groups excluding carboxylic acids is 5. The number of fused-ring (bicyclic) bond motifs is 1. The highest BCUT2D eigenvalue weighted by atomic mass is 19.4. The van der Waals surface area contributed by atoms with E-state index in [1.54, 1.807) is 65.8 Å². The highest BCUT2D eigenvalue weighted by Crippen LogP contribution is 2.31. The van der Waals surface area contributed by atoms with Crippen molar-refractivity contribution in [2.24, 2.45) is 5.92 Å². The van der Waals surface area contributed by atoms with Gasteiger partial charge < -0.3 is 34.4 Å². The van der Waals surface area contributed by atoms with E-state index in [1.165, 1.54) is 49.1 Å². The molecule has 3 fully saturated rings. The molecule has 0 unspecified atom stereocenters. The molecule has 0 bridgehead atoms. The predicted molar refractivity (Wildman–Crippen MR) is 289 cm³/mol. The van der Waals surface area contributed by atoms with Crippen molar-refractivity contribution in [3.05, 3.63) is 142 Å². The van der Waals surface area contributed by atoms with Crippen LogP contribution in [0.1, 0.15) is 71.4 Å². The van der Waals surface area contributed by atoms with E-state index in [4.69, 9.17) is 4.74 Å². The summed E-state index contributed by atoms with van der Waals surface area (Å²) in [6.07, 6.45) is 0.0286. The number of alkyl halides is 3. The number of amides is 5. The summed E-state index contributed by atoms with van der Waals surface area (Å²) in [6, 6.07) is 19.7. The monoisotopic (exact) mass is 1120 g/mol. The Morgan fingerprint density at radius 2 is 1.47 bits per heavy atom. The third-order valence-electron chi connectivity index (χ3n) is 14.3. The van der Waals surface area contributed by atoms with Gasteiger partial charge >= 0.3 is 12.5 Å². The average Bonchev–Trinajstić information content (AvgIpc) is 3.44. The summed E-state index contributed by atoms with van der Waals surface area (Å²) in [5.41, 5.74) is 0.831. The van der Waals surface area contributed by atoms with Crippen molar-refractivity contribution in [1.29, 1.82) is 0 Å². The van der Waals surface area contributed by atoms with E-state index in [-0.39, 0.29) is 78.1 Å². The second-order valence-electron chi connectivity index (χ2n) is 21.3. The first-order valence-corrected chi connectivity index (χ1v) is 26.7. The number of benzene rings is 3. The van der Waals surface area contributed by atoms with Crippen LogP contribution in [0.3, 0.4) is 0 Å². The lowest BCUT2D eigenvalue weighted by Gasteiger charge is -2.40. The second-order valence-corrected chi connectivity index (χ2v) is 21.3. The second kappa shape index (κ2) is 25.0. The Morgan fingerprint density at radius 1 is 0.765 bits per heavy atom. The number of nitrogens with zero attached hydrogens (tertiary/aromatic N) is 10. The zero-order valence-corrected chi connectivity index (χ0v) is 45.1. The zero-order valence-electron chi connectivity index (χ0n) is 45.1. The third kappa shape index (κ3) is 15.1. The maximum Gasteiger partial charge on any atom is 0.573 e. The molecule has 81 heavy (non-hydrogen) atoms. The summed E-state index contributed by atoms with van der Waals surface area (Å²) in [6.45, 7) is 10.2. The zero-order chi connectivity index (χ0) is 57.4. The first-order chi connectivity index (χ1) is 38.7. The van der Waals surface area contributed by atoms with Crippen LogP contribution in [0.15, 0.2) is 102 Å². The molecule has 426 valence electrons. The normalized spacial score (nSPS) is 15.8. The quantitative estimate of drug-likeness (QED) is 0.109. The number of ether oxygens (including phenoxy) is 2. The van der Waals surface area contributed by atoms with Gasteiger partial charge in [0.05, 0.1) is 41.1 Å². The van der Waals surface area contributed by atoms with Crippen LogP contribution in [0.4, 0.5) is 28.0 Å². The summed E-state index contributed by atoms with van der Waals surface area (Å²) < 4.78 is 64.4. The fourth-order valence-electron chi connectivity index (χ4n) is 10.2. The molecule has 6 heterocycles. The number of likely N-dealkylation sites (tertiary alicyclic amines) is 1. The van der Waals surface area contributed by atoms with E-state index in [2.05, 4.69) is 45.0 Å². The molecule has 3 aliphatic heterocycles. The third-order valence-corrected chi connectivity index (χ3v) is 14.3. The number of piperidine rings is 1. The fourth-order valence-corrected chi connectivity index (χ4v) is 10.2. The summed E-state index contributed by atoms with van der Waals surface area (Å²) in [4.78, 5) is 104. The average molecular weight is 1120 g/mol. The molecule has 24 heteroatoms. The lowest BCUT2D eigenvalue weighted by atomic mass is 9.95. The van der Waals surface area contributed by atoms with Crippen LogP contribution in [0.5, 0.6) is 5.75 Å². The number of aromatic nitrogens is 5. The Kier molecular flexibility index (Phi) is 17.7. The first kappa shape index (κ1) is 57.3. The number of hydrogen-bond acceptors (Lipinski definition) is 14. The molecule has 0 atom stereocenters. The topological polar surface area (TPSA) is 220 Å². The summed E-state index contributed by atoms with van der Waals surface area (Å²) in [5.74, 6) is -2.54. The van der Waals surface area contributed by atoms with Crippen LogP contribution in [0.25, 0.3) is 21.9 Å². The minimum Gasteiger partial charge on any atom is -0.444 e. The van der Waals surface area contributed by atoms with E-state index in [0.29, 0.717) is 79.8 Å². The molecule has 0 radical (unpaired) electrons. The first-order valence-electron chi connectivity index (χ1n) is 26.7. The molecule has 0 saturated carbocycles. The Hall–Kier alpha value is -8.38. The van der Waals surface area contributed by atoms with Gasteiger partial charge in [-0.15, -0.1) is 13.2 Å². The van der Waals surface area contributed by atoms with Crippen molar-refractivity contribution in [2.45, 2.75) is 58.5 Å². The van der Waals surface area contributed by atoms with Gasteiger partial charge in [-0.25, -0.2) is 29.2 Å². The van der Waals surface area contributed by atoms with Gasteiger partial charge in [-0.3, -0.25) is 33.8 Å². The van der Waals surface area contributed by atoms with Gasteiger partial charge in [0.15, 0.2) is 5.69 Å². The van der Waals surface area contributed by atoms with Crippen LogP contribution in [-0.2, 0) is 27.3 Å². The van der Waals surface area contributed by atoms with E-state index in [1.807, 2.05) is 6.07 Å². The summed E-state index contributed by atoms with van der Waals surface area (Å²) in [5, 5.41) is 10.6. The van der Waals surface area contributed by atoms with Crippen molar-refractivity contribution in [1.82, 2.24) is 54.5 Å². The smallest absolute Gasteiger partial charge is 0.444 e. The highest BCUT2D eigenvalue weighted by Gasteiger charge is 2.34. The molecular formula is C57H62F4N12O8. The Bertz CT molecular complexity index is 3320. The molecule has 20 nitrogen and oxygen atoms in total. The van der Waals surface area contributed by atoms with Crippen molar-refractivity contribution in [2.75, 3.05) is 90.4 Å². The van der Waals surface area contributed by atoms with Gasteiger partial charge in [-0.2, -0.15) is 5.10 Å². The summed E-state index contributed by atoms with van der Waals surface area (Å²) in [7, 11) is 0. The van der Waals surface area contributed by atoms with E-state index in [9.17, 15) is 41.9 Å². The van der Waals surface area contributed by atoms with E-state index in [0.717, 1.165) is 36.7 Å². The number of halogens is 4. The molecule has 3 aromatic carbocycles. The number of rotatable bonds is 15. The number of piperazine rings is 2. The van der Waals surface area contributed by atoms with Gasteiger partial charge in [0.2, 0.25) is 11.8 Å². The number of nitrogens with one attached hydrogen (secondary N) is 2. The highest BCUT2D eigenvalue weighted by molar-refractivity contribution is 6.04. The number of carbonyl (C=O) groups is 5. The lowest BCUT2D eigenvalue weighted by Crippen LogP contribution is -2.55. The number of hydrogen-bond donors (Lipinski definition) is 2. The van der Waals surface area contributed by atoms with E-state index >= 15 is 4.39 Å². The molecule has 9 rings (SSSR count). The number of aromatic amines is 1. The lowest BCUT2D eigenvalue weighted by molar-refractivity contribution is -0.274. The van der Waals surface area contributed by atoms with Gasteiger partial charge in [0.25, 0.3) is 17.4 Å². The number of H-pyrrole nitrogens is 1. The van der Waals surface area contributed by atoms with Gasteiger partial charge in [-0.1, -0.05) is 36.4 Å². The molecule has 6 aromatic rings. The molecule has 3 aliphatic rings. The fraction of sp³-hybridized carbons (Fsp3) is 0.404. The Labute approximate surface area is 464 Å².